The Morgan fingerprint density at radius 3 is 1.93 bits per heavy atom. The molecule has 3 aromatic carbocycles. The fourth-order valence-corrected chi connectivity index (χ4v) is 9.63. The van der Waals surface area contributed by atoms with E-state index in [0.717, 1.165) is 36.0 Å². The molecule has 5 nitrogen and oxygen atoms in total. The summed E-state index contributed by atoms with van der Waals surface area (Å²) < 4.78 is 13.4. The van der Waals surface area contributed by atoms with E-state index in [1.54, 1.807) is 0 Å². The second-order valence-electron chi connectivity index (χ2n) is 14.6. The molecular formula is C41H48O5. The minimum Gasteiger partial charge on any atom is -0.460 e. The van der Waals surface area contributed by atoms with Crippen LogP contribution in [0.5, 0.6) is 0 Å². The molecule has 3 fully saturated rings. The van der Waals surface area contributed by atoms with Crippen molar-refractivity contribution in [3.63, 3.8) is 0 Å². The predicted octanol–water partition coefficient (Wildman–Crippen LogP) is 7.90. The highest BCUT2D eigenvalue weighted by Crippen LogP contribution is 2.68. The first-order valence-corrected chi connectivity index (χ1v) is 16.9. The number of carbonyl (C=O) groups excluding carboxylic acids is 2. The monoisotopic (exact) mass is 620 g/mol. The van der Waals surface area contributed by atoms with Crippen LogP contribution >= 0.6 is 0 Å². The van der Waals surface area contributed by atoms with Gasteiger partial charge < -0.3 is 14.6 Å². The lowest BCUT2D eigenvalue weighted by Gasteiger charge is -2.61. The second-order valence-corrected chi connectivity index (χ2v) is 14.6. The van der Waals surface area contributed by atoms with E-state index in [1.165, 1.54) is 0 Å². The Labute approximate surface area is 274 Å². The van der Waals surface area contributed by atoms with E-state index in [0.29, 0.717) is 12.8 Å². The molecule has 0 radical (unpaired) electrons. The first-order chi connectivity index (χ1) is 22.0. The number of rotatable bonds is 8. The molecule has 0 amide bonds. The minimum absolute atomic E-state index is 0.0815. The van der Waals surface area contributed by atoms with Crippen LogP contribution in [0.4, 0.5) is 0 Å². The molecule has 6 rings (SSSR count). The van der Waals surface area contributed by atoms with E-state index < -0.39 is 34.6 Å². The molecule has 46 heavy (non-hydrogen) atoms. The minimum atomic E-state index is -1.07. The molecule has 3 saturated carbocycles. The maximum Gasteiger partial charge on any atom is 0.332 e. The number of Topliss-reactive ketones (excluding diaryl/α,β-unsaturated/α-hetero) is 1. The third-order valence-electron chi connectivity index (χ3n) is 12.5. The molecule has 3 aromatic rings. The molecule has 1 unspecified atom stereocenters. The SMILES string of the molecule is C=C[C@@]1(C)C[C@@H](OC(=O)COC(c2ccccc2)(c2ccccc2)c2ccccc2)[C@@]2(C)C3C(=O)CC[C@@]3(CC[C@H]2C)[C@@H](C)[C@@H]1O. The summed E-state index contributed by atoms with van der Waals surface area (Å²) in [6.07, 6.45) is 3.98. The van der Waals surface area contributed by atoms with Crippen molar-refractivity contribution in [3.8, 4) is 0 Å². The van der Waals surface area contributed by atoms with Crippen LogP contribution in [0.2, 0.25) is 0 Å². The molecule has 0 aromatic heterocycles. The third-order valence-corrected chi connectivity index (χ3v) is 12.5. The van der Waals surface area contributed by atoms with Gasteiger partial charge in [0.1, 0.15) is 24.1 Å². The van der Waals surface area contributed by atoms with Crippen molar-refractivity contribution in [2.45, 2.75) is 77.6 Å². The van der Waals surface area contributed by atoms with Gasteiger partial charge in [0.25, 0.3) is 0 Å². The van der Waals surface area contributed by atoms with Gasteiger partial charge in [-0.1, -0.05) is 125 Å². The highest BCUT2D eigenvalue weighted by molar-refractivity contribution is 5.85. The maximum atomic E-state index is 14.2. The molecule has 0 spiro atoms. The summed E-state index contributed by atoms with van der Waals surface area (Å²) in [6, 6.07) is 29.9. The Hall–Kier alpha value is -3.54. The van der Waals surface area contributed by atoms with Crippen molar-refractivity contribution >= 4 is 11.8 Å². The van der Waals surface area contributed by atoms with Crippen LogP contribution < -0.4 is 0 Å². The molecule has 2 bridgehead atoms. The molecule has 0 saturated heterocycles. The average Bonchev–Trinajstić information content (AvgIpc) is 3.44. The number of benzene rings is 3. The molecule has 5 heteroatoms. The Morgan fingerprint density at radius 2 is 1.43 bits per heavy atom. The van der Waals surface area contributed by atoms with Gasteiger partial charge in [0, 0.05) is 23.2 Å². The van der Waals surface area contributed by atoms with Gasteiger partial charge in [-0.2, -0.15) is 0 Å². The van der Waals surface area contributed by atoms with Gasteiger partial charge in [-0.15, -0.1) is 6.58 Å². The van der Waals surface area contributed by atoms with Crippen LogP contribution in [-0.2, 0) is 24.7 Å². The number of ketones is 1. The highest BCUT2D eigenvalue weighted by Gasteiger charge is 2.68. The number of ether oxygens (including phenoxy) is 2. The Morgan fingerprint density at radius 1 is 0.913 bits per heavy atom. The molecular weight excluding hydrogens is 572 g/mol. The van der Waals surface area contributed by atoms with Crippen LogP contribution in [0.1, 0.15) is 76.5 Å². The Balaban J connectivity index is 1.39. The topological polar surface area (TPSA) is 72.8 Å². The van der Waals surface area contributed by atoms with Crippen molar-refractivity contribution in [1.82, 2.24) is 0 Å². The van der Waals surface area contributed by atoms with Gasteiger partial charge in [-0.05, 0) is 59.6 Å². The Kier molecular flexibility index (Phi) is 8.62. The largest absolute Gasteiger partial charge is 0.460 e. The number of aliphatic hydroxyl groups excluding tert-OH is 1. The first kappa shape index (κ1) is 32.4. The van der Waals surface area contributed by atoms with Crippen LogP contribution in [0, 0.1) is 34.0 Å². The molecule has 3 aliphatic rings. The quantitative estimate of drug-likeness (QED) is 0.157. The number of carbonyl (C=O) groups is 2. The molecule has 0 aliphatic heterocycles. The number of aliphatic hydroxyl groups is 1. The van der Waals surface area contributed by atoms with E-state index in [4.69, 9.17) is 9.47 Å². The summed E-state index contributed by atoms with van der Waals surface area (Å²) in [5.74, 6) is -0.453. The number of esters is 1. The number of hydrogen-bond acceptors (Lipinski definition) is 5. The van der Waals surface area contributed by atoms with E-state index in [1.807, 2.05) is 104 Å². The lowest BCUT2D eigenvalue weighted by atomic mass is 9.44. The zero-order valence-electron chi connectivity index (χ0n) is 27.7. The first-order valence-electron chi connectivity index (χ1n) is 16.9. The number of hydrogen-bond donors (Lipinski definition) is 1. The smallest absolute Gasteiger partial charge is 0.332 e. The van der Waals surface area contributed by atoms with Crippen LogP contribution in [0.25, 0.3) is 0 Å². The fourth-order valence-electron chi connectivity index (χ4n) is 9.63. The average molecular weight is 621 g/mol. The lowest BCUT2D eigenvalue weighted by Crippen LogP contribution is -2.63. The van der Waals surface area contributed by atoms with Crippen molar-refractivity contribution < 1.29 is 24.2 Å². The zero-order chi connectivity index (χ0) is 32.7. The maximum absolute atomic E-state index is 14.2. The van der Waals surface area contributed by atoms with Gasteiger partial charge in [-0.25, -0.2) is 4.79 Å². The van der Waals surface area contributed by atoms with E-state index in [-0.39, 0.29) is 35.6 Å². The summed E-state index contributed by atoms with van der Waals surface area (Å²) in [5.41, 5.74) is 0.0194. The molecule has 0 heterocycles. The molecule has 242 valence electrons. The third kappa shape index (κ3) is 4.98. The van der Waals surface area contributed by atoms with Crippen molar-refractivity contribution in [1.29, 1.82) is 0 Å². The summed E-state index contributed by atoms with van der Waals surface area (Å²) in [6.45, 7) is 12.3. The Bertz CT molecular complexity index is 1460. The summed E-state index contributed by atoms with van der Waals surface area (Å²) in [7, 11) is 0. The van der Waals surface area contributed by atoms with E-state index >= 15 is 0 Å². The summed E-state index contributed by atoms with van der Waals surface area (Å²) in [5, 5.41) is 11.9. The molecule has 3 aliphatic carbocycles. The van der Waals surface area contributed by atoms with Gasteiger partial charge in [0.15, 0.2) is 0 Å². The second kappa shape index (κ2) is 12.2. The van der Waals surface area contributed by atoms with Gasteiger partial charge in [0.05, 0.1) is 6.10 Å². The molecule has 8 atom stereocenters. The van der Waals surface area contributed by atoms with Crippen LogP contribution in [-0.4, -0.2) is 35.7 Å². The summed E-state index contributed by atoms with van der Waals surface area (Å²) >= 11 is 0. The van der Waals surface area contributed by atoms with E-state index in [2.05, 4.69) is 27.4 Å². The van der Waals surface area contributed by atoms with Crippen molar-refractivity contribution in [2.24, 2.45) is 34.0 Å². The molecule has 1 N–H and O–H groups in total. The van der Waals surface area contributed by atoms with Crippen LogP contribution in [0.15, 0.2) is 104 Å². The van der Waals surface area contributed by atoms with Crippen molar-refractivity contribution in [3.05, 3.63) is 120 Å². The summed E-state index contributed by atoms with van der Waals surface area (Å²) in [4.78, 5) is 28.0. The lowest BCUT2D eigenvalue weighted by molar-refractivity contribution is -0.209. The normalized spacial score (nSPS) is 34.2. The zero-order valence-corrected chi connectivity index (χ0v) is 27.7. The van der Waals surface area contributed by atoms with Gasteiger partial charge in [0.2, 0.25) is 0 Å². The highest BCUT2D eigenvalue weighted by atomic mass is 16.6. The van der Waals surface area contributed by atoms with Crippen molar-refractivity contribution in [2.75, 3.05) is 6.61 Å². The fraction of sp³-hybridized carbons (Fsp3) is 0.463. The standard InChI is InChI=1S/C41H48O5/c1-6-38(4)26-34(39(5)28(2)22-24-40(29(3)37(38)44)25-23-33(42)36(39)40)46-35(43)27-45-41(30-16-10-7-11-17-30,31-18-12-8-13-19-31)32-20-14-9-15-21-32/h6-21,28-29,34,36-37,44H,1,22-27H2,2-5H3/t28-,29+,34-,36?,37+,38+,39+,40+/m1/s1. The van der Waals surface area contributed by atoms with Crippen LogP contribution in [0.3, 0.4) is 0 Å². The van der Waals surface area contributed by atoms with E-state index in [9.17, 15) is 14.7 Å². The van der Waals surface area contributed by atoms with Gasteiger partial charge in [-0.3, -0.25) is 4.79 Å². The predicted molar refractivity (Wildman–Crippen MR) is 180 cm³/mol. The van der Waals surface area contributed by atoms with Gasteiger partial charge >= 0.3 is 5.97 Å².